The molecule has 0 N–H and O–H groups in total. The molecule has 3 rings (SSSR count). The summed E-state index contributed by atoms with van der Waals surface area (Å²) in [5.41, 5.74) is 0.172. The van der Waals surface area contributed by atoms with Gasteiger partial charge >= 0.3 is 0 Å². The summed E-state index contributed by atoms with van der Waals surface area (Å²) in [6.07, 6.45) is 0.175. The first-order valence-electron chi connectivity index (χ1n) is 7.39. The van der Waals surface area contributed by atoms with Crippen LogP contribution in [-0.2, 0) is 9.84 Å². The number of halogens is 2. The molecule has 24 heavy (non-hydrogen) atoms. The van der Waals surface area contributed by atoms with Crippen molar-refractivity contribution in [2.24, 2.45) is 0 Å². The summed E-state index contributed by atoms with van der Waals surface area (Å²) in [6.45, 7) is 0.355. The van der Waals surface area contributed by atoms with Crippen LogP contribution >= 0.6 is 22.9 Å². The Morgan fingerprint density at radius 2 is 1.96 bits per heavy atom. The molecule has 1 unspecified atom stereocenters. The van der Waals surface area contributed by atoms with Crippen LogP contribution in [0.2, 0.25) is 4.34 Å². The third-order valence-corrected chi connectivity index (χ3v) is 7.39. The molecule has 0 saturated carbocycles. The predicted molar refractivity (Wildman–Crippen MR) is 92.8 cm³/mol. The van der Waals surface area contributed by atoms with Crippen LogP contribution in [0.3, 0.4) is 0 Å². The van der Waals surface area contributed by atoms with Crippen LogP contribution in [0.5, 0.6) is 0 Å². The molecule has 1 aromatic carbocycles. The number of hydrogen-bond donors (Lipinski definition) is 0. The van der Waals surface area contributed by atoms with Crippen molar-refractivity contribution in [3.05, 3.63) is 57.0 Å². The fourth-order valence-corrected chi connectivity index (χ4v) is 5.63. The number of sulfone groups is 1. The summed E-state index contributed by atoms with van der Waals surface area (Å²) in [7, 11) is -3.54. The number of thiophene rings is 1. The zero-order valence-corrected chi connectivity index (χ0v) is 15.0. The summed E-state index contributed by atoms with van der Waals surface area (Å²) >= 11 is 7.01. The molecule has 0 aliphatic carbocycles. The van der Waals surface area contributed by atoms with Crippen LogP contribution in [0, 0.1) is 5.82 Å². The molecule has 1 amide bonds. The monoisotopic (exact) mass is 387 g/mol. The second kappa shape index (κ2) is 6.82. The maximum atomic E-state index is 14.0. The van der Waals surface area contributed by atoms with Crippen molar-refractivity contribution >= 4 is 38.7 Å². The fraction of sp³-hybridized carbons (Fsp3) is 0.312. The second-order valence-electron chi connectivity index (χ2n) is 5.56. The minimum atomic E-state index is -3.54. The normalized spacial score (nSPS) is 20.6. The minimum Gasteiger partial charge on any atom is -0.337 e. The van der Waals surface area contributed by atoms with Gasteiger partial charge in [0.25, 0.3) is 5.91 Å². The molecule has 1 saturated heterocycles. The Balaban J connectivity index is 1.85. The van der Waals surface area contributed by atoms with E-state index < -0.39 is 20.9 Å². The van der Waals surface area contributed by atoms with E-state index in [9.17, 15) is 17.6 Å². The van der Waals surface area contributed by atoms with E-state index in [0.29, 0.717) is 9.21 Å². The summed E-state index contributed by atoms with van der Waals surface area (Å²) in [5, 5.41) is -0.927. The lowest BCUT2D eigenvalue weighted by Crippen LogP contribution is -2.33. The molecule has 0 spiro atoms. The lowest BCUT2D eigenvalue weighted by Gasteiger charge is -2.19. The van der Waals surface area contributed by atoms with E-state index in [0.717, 1.165) is 11.3 Å². The highest BCUT2D eigenvalue weighted by molar-refractivity contribution is 7.91. The number of hydrogen-bond acceptors (Lipinski definition) is 4. The Labute approximate surface area is 148 Å². The number of amides is 1. The Kier molecular flexibility index (Phi) is 4.94. The minimum absolute atomic E-state index is 0.0988. The van der Waals surface area contributed by atoms with E-state index in [1.165, 1.54) is 23.1 Å². The van der Waals surface area contributed by atoms with Gasteiger partial charge in [0.15, 0.2) is 9.84 Å². The highest BCUT2D eigenvalue weighted by atomic mass is 35.5. The van der Waals surface area contributed by atoms with Crippen molar-refractivity contribution in [2.75, 3.05) is 18.8 Å². The molecule has 128 valence electrons. The molecule has 0 radical (unpaired) electrons. The van der Waals surface area contributed by atoms with Crippen molar-refractivity contribution < 1.29 is 17.6 Å². The lowest BCUT2D eigenvalue weighted by atomic mass is 10.1. The van der Waals surface area contributed by atoms with Crippen LogP contribution in [0.1, 0.15) is 26.9 Å². The molecule has 0 bridgehead atoms. The Bertz CT molecular complexity index is 866. The maximum absolute atomic E-state index is 14.0. The van der Waals surface area contributed by atoms with Crippen LogP contribution < -0.4 is 0 Å². The van der Waals surface area contributed by atoms with Gasteiger partial charge in [-0.2, -0.15) is 0 Å². The van der Waals surface area contributed by atoms with Crippen LogP contribution in [0.15, 0.2) is 36.4 Å². The van der Waals surface area contributed by atoms with Crippen LogP contribution in [-0.4, -0.2) is 38.1 Å². The molecule has 2 heterocycles. The van der Waals surface area contributed by atoms with Gasteiger partial charge in [-0.15, -0.1) is 11.3 Å². The van der Waals surface area contributed by atoms with E-state index in [2.05, 4.69) is 0 Å². The number of rotatable bonds is 2. The third kappa shape index (κ3) is 3.48. The molecule has 1 aliphatic heterocycles. The van der Waals surface area contributed by atoms with Crippen molar-refractivity contribution in [1.29, 1.82) is 0 Å². The van der Waals surface area contributed by atoms with Crippen LogP contribution in [0.25, 0.3) is 0 Å². The number of nitrogens with zero attached hydrogens (tertiary/aromatic N) is 1. The van der Waals surface area contributed by atoms with E-state index in [-0.39, 0.29) is 36.7 Å². The molecular formula is C16H15ClFNO3S2. The molecular weight excluding hydrogens is 373 g/mol. The van der Waals surface area contributed by atoms with Gasteiger partial charge in [0.05, 0.1) is 20.2 Å². The van der Waals surface area contributed by atoms with E-state index in [4.69, 9.17) is 11.6 Å². The zero-order valence-electron chi connectivity index (χ0n) is 12.6. The highest BCUT2D eigenvalue weighted by Gasteiger charge is 2.34. The number of carbonyl (C=O) groups is 1. The molecule has 8 heteroatoms. The first kappa shape index (κ1) is 17.4. The van der Waals surface area contributed by atoms with Gasteiger partial charge in [0.1, 0.15) is 5.82 Å². The highest BCUT2D eigenvalue weighted by Crippen LogP contribution is 2.32. The quantitative estimate of drug-likeness (QED) is 0.791. The van der Waals surface area contributed by atoms with E-state index in [1.807, 2.05) is 0 Å². The Morgan fingerprint density at radius 1 is 1.21 bits per heavy atom. The Hall–Kier alpha value is -1.44. The van der Waals surface area contributed by atoms with Gasteiger partial charge in [-0.1, -0.05) is 29.8 Å². The number of benzene rings is 1. The maximum Gasteiger partial charge on any atom is 0.264 e. The van der Waals surface area contributed by atoms with Crippen molar-refractivity contribution in [1.82, 2.24) is 4.90 Å². The molecule has 1 fully saturated rings. The van der Waals surface area contributed by atoms with Gasteiger partial charge in [0.2, 0.25) is 0 Å². The molecule has 1 aliphatic rings. The van der Waals surface area contributed by atoms with Gasteiger partial charge < -0.3 is 4.90 Å². The van der Waals surface area contributed by atoms with Gasteiger partial charge in [-0.3, -0.25) is 4.79 Å². The lowest BCUT2D eigenvalue weighted by molar-refractivity contribution is 0.0771. The van der Waals surface area contributed by atoms with Crippen LogP contribution in [0.4, 0.5) is 4.39 Å². The molecule has 1 atom stereocenters. The first-order valence-corrected chi connectivity index (χ1v) is 10.3. The fourth-order valence-electron chi connectivity index (χ4n) is 2.82. The van der Waals surface area contributed by atoms with E-state index >= 15 is 0 Å². The SMILES string of the molecule is O=C(c1ccc(Cl)s1)N1CCC(c2ccccc2F)S(=O)(=O)CC1. The zero-order chi connectivity index (χ0) is 17.3. The smallest absolute Gasteiger partial charge is 0.264 e. The first-order chi connectivity index (χ1) is 11.4. The van der Waals surface area contributed by atoms with Gasteiger partial charge in [-0.05, 0) is 24.6 Å². The molecule has 2 aromatic rings. The topological polar surface area (TPSA) is 54.5 Å². The predicted octanol–water partition coefficient (Wildman–Crippen LogP) is 3.54. The van der Waals surface area contributed by atoms with Gasteiger partial charge in [-0.25, -0.2) is 12.8 Å². The standard InChI is InChI=1S/C16H15ClFNO3S2/c17-15-6-5-13(23-15)16(20)19-8-7-14(24(21,22)10-9-19)11-3-1-2-4-12(11)18/h1-6,14H,7-10H2. The van der Waals surface area contributed by atoms with Crippen molar-refractivity contribution in [2.45, 2.75) is 11.7 Å². The molecule has 1 aromatic heterocycles. The average Bonchev–Trinajstić information content (AvgIpc) is 2.90. The summed E-state index contributed by atoms with van der Waals surface area (Å²) in [5.74, 6) is -0.955. The summed E-state index contributed by atoms with van der Waals surface area (Å²) in [6, 6.07) is 9.16. The Morgan fingerprint density at radius 3 is 2.62 bits per heavy atom. The van der Waals surface area contributed by atoms with Crippen molar-refractivity contribution in [3.8, 4) is 0 Å². The second-order valence-corrected chi connectivity index (χ2v) is 9.58. The van der Waals surface area contributed by atoms with Gasteiger partial charge in [0, 0.05) is 18.7 Å². The van der Waals surface area contributed by atoms with E-state index in [1.54, 1.807) is 18.2 Å². The third-order valence-electron chi connectivity index (χ3n) is 4.06. The largest absolute Gasteiger partial charge is 0.337 e. The summed E-state index contributed by atoms with van der Waals surface area (Å²) < 4.78 is 39.6. The van der Waals surface area contributed by atoms with Crippen molar-refractivity contribution in [3.63, 3.8) is 0 Å². The molecule has 4 nitrogen and oxygen atoms in total. The summed E-state index contributed by atoms with van der Waals surface area (Å²) in [4.78, 5) is 14.5. The average molecular weight is 388 g/mol. The number of carbonyl (C=O) groups excluding carboxylic acids is 1.